The fourth-order valence-electron chi connectivity index (χ4n) is 2.91. The minimum atomic E-state index is -0.0951. The molecule has 0 aliphatic carbocycles. The lowest BCUT2D eigenvalue weighted by Gasteiger charge is -2.38. The van der Waals surface area contributed by atoms with Crippen LogP contribution < -0.4 is 10.2 Å². The van der Waals surface area contributed by atoms with Gasteiger partial charge in [0, 0.05) is 30.4 Å². The first-order valence-corrected chi connectivity index (χ1v) is 6.96. The van der Waals surface area contributed by atoms with Crippen molar-refractivity contribution in [2.45, 2.75) is 45.2 Å². The lowest BCUT2D eigenvalue weighted by Crippen LogP contribution is -2.40. The monoisotopic (exact) mass is 250 g/mol. The molecule has 1 aromatic carbocycles. The van der Waals surface area contributed by atoms with E-state index >= 15 is 0 Å². The number of nitrogens with zero attached hydrogens (tertiary/aromatic N) is 1. The van der Waals surface area contributed by atoms with Crippen molar-refractivity contribution in [3.63, 3.8) is 0 Å². The minimum Gasteiger partial charge on any atom is -0.368 e. The standard InChI is InChI=1S/C15H23FN2/c1-3-12-7-4-5-10-18(12)15-9-6-8-14(16)13(15)11-17-2/h6,8-9,12,17H,3-5,7,10-11H2,1-2H3. The van der Waals surface area contributed by atoms with Gasteiger partial charge in [-0.05, 0) is 44.9 Å². The zero-order valence-corrected chi connectivity index (χ0v) is 11.4. The van der Waals surface area contributed by atoms with Crippen LogP contribution in [0.5, 0.6) is 0 Å². The van der Waals surface area contributed by atoms with Crippen LogP contribution in [0.15, 0.2) is 18.2 Å². The number of nitrogens with one attached hydrogen (secondary N) is 1. The van der Waals surface area contributed by atoms with E-state index < -0.39 is 0 Å². The summed E-state index contributed by atoms with van der Waals surface area (Å²) in [6.45, 7) is 3.87. The van der Waals surface area contributed by atoms with Crippen molar-refractivity contribution in [1.82, 2.24) is 5.32 Å². The Morgan fingerprint density at radius 1 is 1.39 bits per heavy atom. The van der Waals surface area contributed by atoms with E-state index in [4.69, 9.17) is 0 Å². The topological polar surface area (TPSA) is 15.3 Å². The summed E-state index contributed by atoms with van der Waals surface area (Å²) >= 11 is 0. The third kappa shape index (κ3) is 2.66. The molecule has 1 aliphatic rings. The number of hydrogen-bond acceptors (Lipinski definition) is 2. The smallest absolute Gasteiger partial charge is 0.129 e. The van der Waals surface area contributed by atoms with E-state index in [-0.39, 0.29) is 5.82 Å². The Balaban J connectivity index is 2.33. The summed E-state index contributed by atoms with van der Waals surface area (Å²) in [4.78, 5) is 2.40. The van der Waals surface area contributed by atoms with Crippen molar-refractivity contribution in [1.29, 1.82) is 0 Å². The zero-order chi connectivity index (χ0) is 13.0. The molecule has 3 heteroatoms. The molecule has 1 atom stereocenters. The van der Waals surface area contributed by atoms with Crippen LogP contribution in [0.3, 0.4) is 0 Å². The summed E-state index contributed by atoms with van der Waals surface area (Å²) in [6.07, 6.45) is 4.87. The Morgan fingerprint density at radius 3 is 2.94 bits per heavy atom. The number of piperidine rings is 1. The maximum Gasteiger partial charge on any atom is 0.129 e. The van der Waals surface area contributed by atoms with Gasteiger partial charge in [0.25, 0.3) is 0 Å². The molecular formula is C15H23FN2. The highest BCUT2D eigenvalue weighted by Gasteiger charge is 2.23. The largest absolute Gasteiger partial charge is 0.368 e. The van der Waals surface area contributed by atoms with Crippen molar-refractivity contribution >= 4 is 5.69 Å². The highest BCUT2D eigenvalue weighted by atomic mass is 19.1. The van der Waals surface area contributed by atoms with Crippen LogP contribution in [0.2, 0.25) is 0 Å². The molecule has 1 aliphatic heterocycles. The third-order valence-electron chi connectivity index (χ3n) is 3.86. The Morgan fingerprint density at radius 2 is 2.22 bits per heavy atom. The lowest BCUT2D eigenvalue weighted by molar-refractivity contribution is 0.447. The summed E-state index contributed by atoms with van der Waals surface area (Å²) in [5.74, 6) is -0.0951. The predicted octanol–water partition coefficient (Wildman–Crippen LogP) is 3.31. The summed E-state index contributed by atoms with van der Waals surface area (Å²) in [7, 11) is 1.86. The molecule has 1 heterocycles. The second-order valence-electron chi connectivity index (χ2n) is 5.02. The molecule has 100 valence electrons. The van der Waals surface area contributed by atoms with Gasteiger partial charge in [0.05, 0.1) is 0 Å². The van der Waals surface area contributed by atoms with E-state index in [1.54, 1.807) is 6.07 Å². The van der Waals surface area contributed by atoms with Gasteiger partial charge in [0.2, 0.25) is 0 Å². The van der Waals surface area contributed by atoms with Gasteiger partial charge in [0.1, 0.15) is 5.82 Å². The van der Waals surface area contributed by atoms with Crippen LogP contribution in [0.25, 0.3) is 0 Å². The quantitative estimate of drug-likeness (QED) is 0.882. The van der Waals surface area contributed by atoms with Gasteiger partial charge >= 0.3 is 0 Å². The van der Waals surface area contributed by atoms with E-state index in [1.165, 1.54) is 19.3 Å². The maximum absolute atomic E-state index is 14.0. The van der Waals surface area contributed by atoms with Crippen LogP contribution >= 0.6 is 0 Å². The van der Waals surface area contributed by atoms with E-state index in [0.717, 1.165) is 24.2 Å². The molecule has 1 fully saturated rings. The zero-order valence-electron chi connectivity index (χ0n) is 11.4. The van der Waals surface area contributed by atoms with Crippen LogP contribution in [-0.2, 0) is 6.54 Å². The van der Waals surface area contributed by atoms with Crippen LogP contribution in [-0.4, -0.2) is 19.6 Å². The number of benzene rings is 1. The van der Waals surface area contributed by atoms with Crippen LogP contribution in [0.4, 0.5) is 10.1 Å². The minimum absolute atomic E-state index is 0.0951. The molecule has 2 nitrogen and oxygen atoms in total. The molecule has 1 aromatic rings. The average Bonchev–Trinajstić information content (AvgIpc) is 2.41. The second-order valence-corrected chi connectivity index (χ2v) is 5.02. The molecular weight excluding hydrogens is 227 g/mol. The van der Waals surface area contributed by atoms with Gasteiger partial charge in [-0.15, -0.1) is 0 Å². The Kier molecular flexibility index (Phi) is 4.59. The highest BCUT2D eigenvalue weighted by molar-refractivity contribution is 5.55. The molecule has 0 radical (unpaired) electrons. The van der Waals surface area contributed by atoms with E-state index in [0.29, 0.717) is 12.6 Å². The van der Waals surface area contributed by atoms with Gasteiger partial charge in [-0.3, -0.25) is 0 Å². The molecule has 0 saturated carbocycles. The van der Waals surface area contributed by atoms with Gasteiger partial charge in [0.15, 0.2) is 0 Å². The summed E-state index contributed by atoms with van der Waals surface area (Å²) in [5, 5.41) is 3.07. The SMILES string of the molecule is CCC1CCCCN1c1cccc(F)c1CNC. The Labute approximate surface area is 109 Å². The highest BCUT2D eigenvalue weighted by Crippen LogP contribution is 2.30. The first kappa shape index (κ1) is 13.3. The average molecular weight is 250 g/mol. The second kappa shape index (κ2) is 6.19. The predicted molar refractivity (Wildman–Crippen MR) is 74.4 cm³/mol. The lowest BCUT2D eigenvalue weighted by atomic mass is 9.98. The normalized spacial score (nSPS) is 20.2. The summed E-state index contributed by atoms with van der Waals surface area (Å²) in [5.41, 5.74) is 1.89. The van der Waals surface area contributed by atoms with E-state index in [2.05, 4.69) is 23.2 Å². The number of anilines is 1. The molecule has 0 spiro atoms. The van der Waals surface area contributed by atoms with Crippen molar-refractivity contribution in [2.24, 2.45) is 0 Å². The first-order valence-electron chi connectivity index (χ1n) is 6.96. The van der Waals surface area contributed by atoms with Crippen LogP contribution in [0, 0.1) is 5.82 Å². The van der Waals surface area contributed by atoms with Gasteiger partial charge in [-0.2, -0.15) is 0 Å². The molecule has 0 bridgehead atoms. The fraction of sp³-hybridized carbons (Fsp3) is 0.600. The number of rotatable bonds is 4. The van der Waals surface area contributed by atoms with E-state index in [1.807, 2.05) is 13.1 Å². The first-order chi connectivity index (χ1) is 8.77. The summed E-state index contributed by atoms with van der Waals surface area (Å²) < 4.78 is 14.0. The molecule has 0 aromatic heterocycles. The van der Waals surface area contributed by atoms with Crippen molar-refractivity contribution in [3.05, 3.63) is 29.6 Å². The van der Waals surface area contributed by atoms with Crippen molar-refractivity contribution in [2.75, 3.05) is 18.5 Å². The third-order valence-corrected chi connectivity index (χ3v) is 3.86. The summed E-state index contributed by atoms with van der Waals surface area (Å²) in [6, 6.07) is 6.01. The maximum atomic E-state index is 14.0. The Bertz CT molecular complexity index is 392. The van der Waals surface area contributed by atoms with Crippen molar-refractivity contribution in [3.8, 4) is 0 Å². The molecule has 18 heavy (non-hydrogen) atoms. The molecule has 1 unspecified atom stereocenters. The fourth-order valence-corrected chi connectivity index (χ4v) is 2.91. The number of hydrogen-bond donors (Lipinski definition) is 1. The molecule has 1 N–H and O–H groups in total. The van der Waals surface area contributed by atoms with Gasteiger partial charge in [-0.25, -0.2) is 4.39 Å². The van der Waals surface area contributed by atoms with Crippen LogP contribution in [0.1, 0.15) is 38.2 Å². The molecule has 1 saturated heterocycles. The Hall–Kier alpha value is -1.09. The van der Waals surface area contributed by atoms with Gasteiger partial charge in [-0.1, -0.05) is 13.0 Å². The molecule has 0 amide bonds. The van der Waals surface area contributed by atoms with E-state index in [9.17, 15) is 4.39 Å². The van der Waals surface area contributed by atoms with Gasteiger partial charge < -0.3 is 10.2 Å². The molecule has 2 rings (SSSR count). The number of halogens is 1. The van der Waals surface area contributed by atoms with Crippen molar-refractivity contribution < 1.29 is 4.39 Å².